The van der Waals surface area contributed by atoms with Crippen LogP contribution in [0.1, 0.15) is 24.0 Å². The van der Waals surface area contributed by atoms with Crippen molar-refractivity contribution in [3.8, 4) is 6.07 Å². The average molecular weight is 230 g/mol. The largest absolute Gasteiger partial charge is 0.396 e. The Labute approximate surface area is 102 Å². The first-order valence-corrected chi connectivity index (χ1v) is 6.11. The third-order valence-corrected chi connectivity index (χ3v) is 3.45. The van der Waals surface area contributed by atoms with E-state index in [0.717, 1.165) is 42.7 Å². The van der Waals surface area contributed by atoms with E-state index in [1.165, 1.54) is 0 Å². The fourth-order valence-electron chi connectivity index (χ4n) is 2.59. The molecule has 1 N–H and O–H groups in total. The maximum atomic E-state index is 9.26. The summed E-state index contributed by atoms with van der Waals surface area (Å²) in [5.74, 6) is 0.342. The van der Waals surface area contributed by atoms with Gasteiger partial charge in [0.2, 0.25) is 0 Å². The number of para-hydroxylation sites is 1. The van der Waals surface area contributed by atoms with E-state index in [1.54, 1.807) is 0 Å². The number of hydrogen-bond acceptors (Lipinski definition) is 3. The van der Waals surface area contributed by atoms with Gasteiger partial charge < -0.3 is 10.0 Å². The Balaban J connectivity index is 2.30. The lowest BCUT2D eigenvalue weighted by Crippen LogP contribution is -2.37. The summed E-state index contributed by atoms with van der Waals surface area (Å²) in [4.78, 5) is 2.25. The molecule has 90 valence electrons. The molecule has 3 heteroatoms. The third kappa shape index (κ3) is 2.42. The highest BCUT2D eigenvalue weighted by Gasteiger charge is 2.22. The van der Waals surface area contributed by atoms with Gasteiger partial charge in [0.25, 0.3) is 0 Å². The lowest BCUT2D eigenvalue weighted by atomic mass is 9.96. The van der Waals surface area contributed by atoms with E-state index in [2.05, 4.69) is 11.0 Å². The monoisotopic (exact) mass is 230 g/mol. The predicted octanol–water partition coefficient (Wildman–Crippen LogP) is 2.08. The normalized spacial score (nSPS) is 20.1. The van der Waals surface area contributed by atoms with Gasteiger partial charge in [-0.3, -0.25) is 0 Å². The van der Waals surface area contributed by atoms with Crippen molar-refractivity contribution in [3.05, 3.63) is 29.3 Å². The number of benzene rings is 1. The highest BCUT2D eigenvalue weighted by molar-refractivity contribution is 5.64. The summed E-state index contributed by atoms with van der Waals surface area (Å²) in [6.45, 7) is 4.12. The van der Waals surface area contributed by atoms with Crippen molar-refractivity contribution in [1.82, 2.24) is 0 Å². The van der Waals surface area contributed by atoms with Crippen LogP contribution in [0.3, 0.4) is 0 Å². The molecule has 17 heavy (non-hydrogen) atoms. The molecule has 1 aromatic rings. The quantitative estimate of drug-likeness (QED) is 0.846. The zero-order valence-corrected chi connectivity index (χ0v) is 10.2. The lowest BCUT2D eigenvalue weighted by molar-refractivity contribution is 0.208. The Morgan fingerprint density at radius 1 is 1.53 bits per heavy atom. The SMILES string of the molecule is Cc1cccc(C#N)c1N1CCCC(CO)C1. The number of nitriles is 1. The van der Waals surface area contributed by atoms with Gasteiger partial charge in [-0.1, -0.05) is 12.1 Å². The zero-order chi connectivity index (χ0) is 12.3. The molecule has 1 heterocycles. The average Bonchev–Trinajstić information content (AvgIpc) is 2.38. The number of nitrogens with zero attached hydrogens (tertiary/aromatic N) is 2. The van der Waals surface area contributed by atoms with Gasteiger partial charge in [0.15, 0.2) is 0 Å². The molecule has 0 saturated carbocycles. The van der Waals surface area contributed by atoms with Gasteiger partial charge in [-0.2, -0.15) is 5.26 Å². The van der Waals surface area contributed by atoms with Gasteiger partial charge in [0, 0.05) is 19.7 Å². The summed E-state index contributed by atoms with van der Waals surface area (Å²) in [5, 5.41) is 18.4. The fraction of sp³-hybridized carbons (Fsp3) is 0.500. The summed E-state index contributed by atoms with van der Waals surface area (Å²) in [6.07, 6.45) is 2.17. The molecule has 1 saturated heterocycles. The van der Waals surface area contributed by atoms with Gasteiger partial charge in [0.1, 0.15) is 6.07 Å². The van der Waals surface area contributed by atoms with Crippen LogP contribution in [-0.2, 0) is 0 Å². The summed E-state index contributed by atoms with van der Waals surface area (Å²) in [5.41, 5.74) is 2.93. The van der Waals surface area contributed by atoms with Crippen LogP contribution in [0.25, 0.3) is 0 Å². The number of hydrogen-bond donors (Lipinski definition) is 1. The second-order valence-corrected chi connectivity index (χ2v) is 4.72. The number of anilines is 1. The molecule has 1 aliphatic heterocycles. The molecule has 0 spiro atoms. The van der Waals surface area contributed by atoms with E-state index in [9.17, 15) is 10.4 Å². The number of piperidine rings is 1. The molecule has 3 nitrogen and oxygen atoms in total. The molecule has 1 aliphatic rings. The van der Waals surface area contributed by atoms with Gasteiger partial charge in [-0.15, -0.1) is 0 Å². The van der Waals surface area contributed by atoms with Crippen LogP contribution in [0.2, 0.25) is 0 Å². The Morgan fingerprint density at radius 3 is 3.06 bits per heavy atom. The second-order valence-electron chi connectivity index (χ2n) is 4.72. The first-order valence-electron chi connectivity index (χ1n) is 6.11. The van der Waals surface area contributed by atoms with Crippen LogP contribution in [0.15, 0.2) is 18.2 Å². The molecule has 1 fully saturated rings. The molecular weight excluding hydrogens is 212 g/mol. The van der Waals surface area contributed by atoms with Crippen molar-refractivity contribution in [1.29, 1.82) is 5.26 Å². The van der Waals surface area contributed by atoms with Crippen LogP contribution in [0.5, 0.6) is 0 Å². The highest BCUT2D eigenvalue weighted by Crippen LogP contribution is 2.29. The Hall–Kier alpha value is -1.53. The van der Waals surface area contributed by atoms with E-state index in [4.69, 9.17) is 0 Å². The van der Waals surface area contributed by atoms with E-state index < -0.39 is 0 Å². The van der Waals surface area contributed by atoms with E-state index in [0.29, 0.717) is 5.92 Å². The molecule has 0 aliphatic carbocycles. The predicted molar refractivity (Wildman–Crippen MR) is 67.9 cm³/mol. The topological polar surface area (TPSA) is 47.3 Å². The standard InChI is InChI=1S/C14H18N2O/c1-11-4-2-6-13(8-15)14(11)16-7-3-5-12(9-16)10-17/h2,4,6,12,17H,3,5,7,9-10H2,1H3. The lowest BCUT2D eigenvalue weighted by Gasteiger charge is -2.35. The van der Waals surface area contributed by atoms with Crippen LogP contribution in [0.4, 0.5) is 5.69 Å². The van der Waals surface area contributed by atoms with Gasteiger partial charge in [-0.05, 0) is 37.3 Å². The minimum atomic E-state index is 0.240. The molecule has 0 amide bonds. The number of aliphatic hydroxyl groups is 1. The molecule has 0 bridgehead atoms. The van der Waals surface area contributed by atoms with Crippen molar-refractivity contribution in [2.45, 2.75) is 19.8 Å². The summed E-state index contributed by atoms with van der Waals surface area (Å²) in [6, 6.07) is 8.09. The van der Waals surface area contributed by atoms with Crippen LogP contribution >= 0.6 is 0 Å². The van der Waals surface area contributed by atoms with Crippen LogP contribution in [0, 0.1) is 24.2 Å². The van der Waals surface area contributed by atoms with Crippen molar-refractivity contribution in [2.75, 3.05) is 24.6 Å². The molecule has 0 radical (unpaired) electrons. The zero-order valence-electron chi connectivity index (χ0n) is 10.2. The maximum absolute atomic E-state index is 9.26. The maximum Gasteiger partial charge on any atom is 0.101 e. The minimum Gasteiger partial charge on any atom is -0.396 e. The van der Waals surface area contributed by atoms with Gasteiger partial charge in [-0.25, -0.2) is 0 Å². The van der Waals surface area contributed by atoms with Gasteiger partial charge in [0.05, 0.1) is 11.3 Å². The number of aliphatic hydroxyl groups excluding tert-OH is 1. The minimum absolute atomic E-state index is 0.240. The fourth-order valence-corrected chi connectivity index (χ4v) is 2.59. The van der Waals surface area contributed by atoms with Crippen molar-refractivity contribution in [3.63, 3.8) is 0 Å². The Bertz CT molecular complexity index is 436. The van der Waals surface area contributed by atoms with E-state index in [-0.39, 0.29) is 6.61 Å². The summed E-state index contributed by atoms with van der Waals surface area (Å²) < 4.78 is 0. The Morgan fingerprint density at radius 2 is 2.35 bits per heavy atom. The van der Waals surface area contributed by atoms with Crippen LogP contribution in [-0.4, -0.2) is 24.8 Å². The summed E-state index contributed by atoms with van der Waals surface area (Å²) in [7, 11) is 0. The second kappa shape index (κ2) is 5.20. The molecule has 0 aromatic heterocycles. The van der Waals surface area contributed by atoms with Crippen LogP contribution < -0.4 is 4.90 Å². The summed E-state index contributed by atoms with van der Waals surface area (Å²) >= 11 is 0. The molecular formula is C14H18N2O. The number of aryl methyl sites for hydroxylation is 1. The molecule has 2 rings (SSSR count). The highest BCUT2D eigenvalue weighted by atomic mass is 16.3. The van der Waals surface area contributed by atoms with Crippen molar-refractivity contribution >= 4 is 5.69 Å². The first-order chi connectivity index (χ1) is 8.26. The van der Waals surface area contributed by atoms with Crippen molar-refractivity contribution in [2.24, 2.45) is 5.92 Å². The van der Waals surface area contributed by atoms with Gasteiger partial charge >= 0.3 is 0 Å². The van der Waals surface area contributed by atoms with E-state index in [1.807, 2.05) is 25.1 Å². The molecule has 1 unspecified atom stereocenters. The smallest absolute Gasteiger partial charge is 0.101 e. The first kappa shape index (κ1) is 11.9. The molecule has 1 aromatic carbocycles. The number of rotatable bonds is 2. The third-order valence-electron chi connectivity index (χ3n) is 3.45. The molecule has 1 atom stereocenters. The van der Waals surface area contributed by atoms with Crippen molar-refractivity contribution < 1.29 is 5.11 Å². The Kier molecular flexibility index (Phi) is 3.65. The van der Waals surface area contributed by atoms with E-state index >= 15 is 0 Å².